The van der Waals surface area contributed by atoms with Crippen LogP contribution in [0.25, 0.3) is 0 Å². The number of halogens is 5. The zero-order valence-corrected chi connectivity index (χ0v) is 12.2. The molecular weight excluding hydrogens is 354 g/mol. The lowest BCUT2D eigenvalue weighted by molar-refractivity contribution is 0.102. The lowest BCUT2D eigenvalue weighted by Crippen LogP contribution is -2.16. The largest absolute Gasteiger partial charge is 0.322 e. The normalized spacial score (nSPS) is 10.6. The van der Waals surface area contributed by atoms with E-state index in [0.717, 1.165) is 4.47 Å². The van der Waals surface area contributed by atoms with Crippen molar-refractivity contribution in [1.29, 1.82) is 0 Å². The second kappa shape index (κ2) is 5.85. The monoisotopic (exact) mass is 361 g/mol. The number of hydrogen-bond donors (Lipinski definition) is 1. The van der Waals surface area contributed by atoms with E-state index in [1.54, 1.807) is 19.1 Å². The Morgan fingerprint density at radius 2 is 1.71 bits per heavy atom. The van der Waals surface area contributed by atoms with E-state index in [9.17, 15) is 22.4 Å². The van der Waals surface area contributed by atoms with Crippen LogP contribution in [0, 0.1) is 30.2 Å². The van der Waals surface area contributed by atoms with Crippen LogP contribution < -0.4 is 5.32 Å². The van der Waals surface area contributed by atoms with Crippen LogP contribution in [0.4, 0.5) is 23.2 Å². The van der Waals surface area contributed by atoms with Gasteiger partial charge in [-0.3, -0.25) is 4.79 Å². The molecule has 0 aliphatic heterocycles. The summed E-state index contributed by atoms with van der Waals surface area (Å²) in [6.45, 7) is 1.68. The molecule has 0 aromatic heterocycles. The summed E-state index contributed by atoms with van der Waals surface area (Å²) in [6, 6.07) is 5.17. The van der Waals surface area contributed by atoms with Crippen molar-refractivity contribution in [3.8, 4) is 0 Å². The van der Waals surface area contributed by atoms with Crippen molar-refractivity contribution in [2.45, 2.75) is 6.92 Å². The lowest BCUT2D eigenvalue weighted by Gasteiger charge is -2.10. The molecule has 0 unspecified atom stereocenters. The molecule has 0 fully saturated rings. The van der Waals surface area contributed by atoms with E-state index < -0.39 is 34.7 Å². The highest BCUT2D eigenvalue weighted by Crippen LogP contribution is 2.23. The molecule has 1 N–H and O–H groups in total. The van der Waals surface area contributed by atoms with Gasteiger partial charge < -0.3 is 5.32 Å². The van der Waals surface area contributed by atoms with E-state index in [2.05, 4.69) is 21.2 Å². The molecule has 1 amide bonds. The predicted octanol–water partition coefficient (Wildman–Crippen LogP) is 4.57. The summed E-state index contributed by atoms with van der Waals surface area (Å²) in [5.74, 6) is -8.42. The number of carbonyl (C=O) groups is 1. The van der Waals surface area contributed by atoms with Gasteiger partial charge in [-0.1, -0.05) is 15.9 Å². The number of carbonyl (C=O) groups excluding carboxylic acids is 1. The minimum Gasteiger partial charge on any atom is -0.322 e. The SMILES string of the molecule is Cc1cc(Br)ccc1NC(=O)c1cc(F)c(F)c(F)c1F. The van der Waals surface area contributed by atoms with Crippen LogP contribution in [-0.2, 0) is 0 Å². The summed E-state index contributed by atoms with van der Waals surface area (Å²) in [5, 5.41) is 2.31. The van der Waals surface area contributed by atoms with Gasteiger partial charge in [0.05, 0.1) is 5.56 Å². The van der Waals surface area contributed by atoms with Crippen molar-refractivity contribution in [2.75, 3.05) is 5.32 Å². The molecule has 2 nitrogen and oxygen atoms in total. The number of nitrogens with one attached hydrogen (secondary N) is 1. The summed E-state index contributed by atoms with van der Waals surface area (Å²) < 4.78 is 53.3. The number of amides is 1. The van der Waals surface area contributed by atoms with Crippen LogP contribution >= 0.6 is 15.9 Å². The van der Waals surface area contributed by atoms with Crippen molar-refractivity contribution in [3.05, 3.63) is 63.1 Å². The van der Waals surface area contributed by atoms with Gasteiger partial charge in [0, 0.05) is 10.2 Å². The van der Waals surface area contributed by atoms with Crippen molar-refractivity contribution in [3.63, 3.8) is 0 Å². The van der Waals surface area contributed by atoms with Gasteiger partial charge in [-0.25, -0.2) is 17.6 Å². The number of anilines is 1. The second-order valence-corrected chi connectivity index (χ2v) is 5.18. The standard InChI is InChI=1S/C14H8BrF4NO/c1-6-4-7(15)2-3-10(6)20-14(21)8-5-9(16)12(18)13(19)11(8)17/h2-5H,1H3,(H,20,21). The Labute approximate surface area is 125 Å². The van der Waals surface area contributed by atoms with Crippen LogP contribution in [0.1, 0.15) is 15.9 Å². The van der Waals surface area contributed by atoms with Crippen LogP contribution in [0.5, 0.6) is 0 Å². The van der Waals surface area contributed by atoms with Gasteiger partial charge >= 0.3 is 0 Å². The molecule has 0 aliphatic rings. The summed E-state index contributed by atoms with van der Waals surface area (Å²) in [7, 11) is 0. The molecule has 7 heteroatoms. The fourth-order valence-corrected chi connectivity index (χ4v) is 2.17. The second-order valence-electron chi connectivity index (χ2n) is 4.26. The van der Waals surface area contributed by atoms with E-state index in [0.29, 0.717) is 17.3 Å². The smallest absolute Gasteiger partial charge is 0.258 e. The summed E-state index contributed by atoms with van der Waals surface area (Å²) >= 11 is 3.23. The molecule has 0 radical (unpaired) electrons. The molecule has 0 aliphatic carbocycles. The van der Waals surface area contributed by atoms with Gasteiger partial charge in [0.25, 0.3) is 5.91 Å². The first kappa shape index (κ1) is 15.5. The van der Waals surface area contributed by atoms with E-state index in [1.807, 2.05) is 0 Å². The zero-order chi connectivity index (χ0) is 15.7. The maximum absolute atomic E-state index is 13.5. The molecule has 2 rings (SSSR count). The van der Waals surface area contributed by atoms with E-state index >= 15 is 0 Å². The fraction of sp³-hybridized carbons (Fsp3) is 0.0714. The molecular formula is C14H8BrF4NO. The van der Waals surface area contributed by atoms with Crippen LogP contribution in [0.2, 0.25) is 0 Å². The molecule has 0 spiro atoms. The molecule has 0 bridgehead atoms. The molecule has 2 aromatic rings. The quantitative estimate of drug-likeness (QED) is 0.474. The van der Waals surface area contributed by atoms with Crippen LogP contribution in [0.3, 0.4) is 0 Å². The first-order chi connectivity index (χ1) is 9.81. The van der Waals surface area contributed by atoms with Crippen LogP contribution in [0.15, 0.2) is 28.7 Å². The minimum absolute atomic E-state index is 0.317. The van der Waals surface area contributed by atoms with Crippen molar-refractivity contribution < 1.29 is 22.4 Å². The molecule has 0 atom stereocenters. The highest BCUT2D eigenvalue weighted by atomic mass is 79.9. The molecule has 21 heavy (non-hydrogen) atoms. The maximum atomic E-state index is 13.5. The van der Waals surface area contributed by atoms with Gasteiger partial charge in [-0.05, 0) is 36.8 Å². The number of rotatable bonds is 2. The van der Waals surface area contributed by atoms with Crippen molar-refractivity contribution in [2.24, 2.45) is 0 Å². The van der Waals surface area contributed by atoms with Gasteiger partial charge in [0.15, 0.2) is 23.3 Å². The first-order valence-electron chi connectivity index (χ1n) is 5.71. The highest BCUT2D eigenvalue weighted by molar-refractivity contribution is 9.10. The average Bonchev–Trinajstić information content (AvgIpc) is 2.43. The number of hydrogen-bond acceptors (Lipinski definition) is 1. The Kier molecular flexibility index (Phi) is 4.32. The summed E-state index contributed by atoms with van der Waals surface area (Å²) in [4.78, 5) is 11.9. The minimum atomic E-state index is -2.02. The maximum Gasteiger partial charge on any atom is 0.258 e. The Morgan fingerprint density at radius 3 is 2.33 bits per heavy atom. The third-order valence-corrected chi connectivity index (χ3v) is 3.28. The molecule has 0 saturated heterocycles. The Hall–Kier alpha value is -1.89. The van der Waals surface area contributed by atoms with E-state index in [4.69, 9.17) is 0 Å². The van der Waals surface area contributed by atoms with Gasteiger partial charge in [0.2, 0.25) is 0 Å². The Morgan fingerprint density at radius 1 is 1.05 bits per heavy atom. The first-order valence-corrected chi connectivity index (χ1v) is 6.51. The van der Waals surface area contributed by atoms with E-state index in [1.165, 1.54) is 6.07 Å². The van der Waals surface area contributed by atoms with E-state index in [-0.39, 0.29) is 0 Å². The number of benzene rings is 2. The van der Waals surface area contributed by atoms with Crippen molar-refractivity contribution in [1.82, 2.24) is 0 Å². The molecule has 0 saturated carbocycles. The topological polar surface area (TPSA) is 29.1 Å². The van der Waals surface area contributed by atoms with Gasteiger partial charge in [-0.2, -0.15) is 0 Å². The van der Waals surface area contributed by atoms with Crippen molar-refractivity contribution >= 4 is 27.5 Å². The Bertz CT molecular complexity index is 733. The lowest BCUT2D eigenvalue weighted by atomic mass is 10.1. The molecule has 2 aromatic carbocycles. The molecule has 0 heterocycles. The van der Waals surface area contributed by atoms with Gasteiger partial charge in [0.1, 0.15) is 0 Å². The zero-order valence-electron chi connectivity index (χ0n) is 10.6. The third-order valence-electron chi connectivity index (χ3n) is 2.78. The highest BCUT2D eigenvalue weighted by Gasteiger charge is 2.23. The van der Waals surface area contributed by atoms with Gasteiger partial charge in [-0.15, -0.1) is 0 Å². The molecule has 110 valence electrons. The predicted molar refractivity (Wildman–Crippen MR) is 73.1 cm³/mol. The third kappa shape index (κ3) is 3.07. The summed E-state index contributed by atoms with van der Waals surface area (Å²) in [5.41, 5.74) is 0.0858. The fourth-order valence-electron chi connectivity index (χ4n) is 1.70. The Balaban J connectivity index is 2.37. The summed E-state index contributed by atoms with van der Waals surface area (Å²) in [6.07, 6.45) is 0. The van der Waals surface area contributed by atoms with Crippen LogP contribution in [-0.4, -0.2) is 5.91 Å². The number of aryl methyl sites for hydroxylation is 1. The average molecular weight is 362 g/mol.